The van der Waals surface area contributed by atoms with Crippen LogP contribution in [0.15, 0.2) is 48.5 Å². The number of non-ortho nitro benzene ring substituents is 1. The minimum Gasteiger partial charge on any atom is -0.321 e. The fourth-order valence-corrected chi connectivity index (χ4v) is 1.86. The van der Waals surface area contributed by atoms with E-state index < -0.39 is 10.8 Å². The van der Waals surface area contributed by atoms with E-state index in [9.17, 15) is 19.3 Å². The fraction of sp³-hybridized carbons (Fsp3) is 0. The lowest BCUT2D eigenvalue weighted by Crippen LogP contribution is -2.08. The third-order valence-corrected chi connectivity index (χ3v) is 3.03. The monoisotopic (exact) mass is 320 g/mol. The number of hydrogen-bond donors (Lipinski definition) is 1. The van der Waals surface area contributed by atoms with Crippen LogP contribution < -0.4 is 5.32 Å². The van der Waals surface area contributed by atoms with Gasteiger partial charge < -0.3 is 5.32 Å². The minimum absolute atomic E-state index is 0.0673. The zero-order valence-electron chi connectivity index (χ0n) is 11.1. The van der Waals surface area contributed by atoms with E-state index in [0.717, 1.165) is 6.07 Å². The molecule has 112 valence electrons. The number of benzene rings is 2. The number of hydrogen-bond acceptors (Lipinski definition) is 3. The van der Waals surface area contributed by atoms with Crippen molar-refractivity contribution in [2.24, 2.45) is 0 Å². The second kappa shape index (κ2) is 6.82. The summed E-state index contributed by atoms with van der Waals surface area (Å²) >= 11 is 5.87. The van der Waals surface area contributed by atoms with Crippen molar-refractivity contribution in [3.8, 4) is 0 Å². The summed E-state index contributed by atoms with van der Waals surface area (Å²) in [5.74, 6) is -0.820. The zero-order valence-corrected chi connectivity index (χ0v) is 11.9. The predicted octanol–water partition coefficient (Wildman–Crippen LogP) is 4.04. The van der Waals surface area contributed by atoms with Crippen LogP contribution in [0.2, 0.25) is 5.02 Å². The minimum atomic E-state index is -0.577. The molecule has 0 fully saturated rings. The summed E-state index contributed by atoms with van der Waals surface area (Å²) in [6.45, 7) is 0. The molecule has 0 heterocycles. The molecular weight excluding hydrogens is 311 g/mol. The van der Waals surface area contributed by atoms with Crippen LogP contribution in [0.25, 0.3) is 6.08 Å². The van der Waals surface area contributed by atoms with E-state index in [4.69, 9.17) is 11.6 Å². The fourth-order valence-electron chi connectivity index (χ4n) is 1.64. The predicted molar refractivity (Wildman–Crippen MR) is 82.2 cm³/mol. The molecule has 0 aliphatic carbocycles. The summed E-state index contributed by atoms with van der Waals surface area (Å²) in [5.41, 5.74) is 0.761. The van der Waals surface area contributed by atoms with Crippen LogP contribution in [0.3, 0.4) is 0 Å². The molecule has 2 aromatic rings. The Labute approximate surface area is 130 Å². The van der Waals surface area contributed by atoms with Crippen molar-refractivity contribution in [3.63, 3.8) is 0 Å². The average molecular weight is 321 g/mol. The van der Waals surface area contributed by atoms with Crippen LogP contribution in [0.1, 0.15) is 5.56 Å². The lowest BCUT2D eigenvalue weighted by atomic mass is 10.2. The van der Waals surface area contributed by atoms with Gasteiger partial charge in [-0.3, -0.25) is 14.9 Å². The quantitative estimate of drug-likeness (QED) is 0.525. The van der Waals surface area contributed by atoms with E-state index in [2.05, 4.69) is 5.32 Å². The van der Waals surface area contributed by atoms with E-state index >= 15 is 0 Å². The Morgan fingerprint density at radius 1 is 1.23 bits per heavy atom. The molecule has 0 aliphatic rings. The van der Waals surface area contributed by atoms with Crippen molar-refractivity contribution >= 4 is 35.0 Å². The first-order chi connectivity index (χ1) is 10.5. The third kappa shape index (κ3) is 4.13. The Balaban J connectivity index is 2.05. The molecule has 0 aromatic heterocycles. The number of nitrogens with one attached hydrogen (secondary N) is 1. The molecule has 0 radical (unpaired) electrons. The maximum Gasteiger partial charge on any atom is 0.271 e. The highest BCUT2D eigenvalue weighted by atomic mass is 35.5. The van der Waals surface area contributed by atoms with E-state index in [1.807, 2.05) is 0 Å². The van der Waals surface area contributed by atoms with Gasteiger partial charge in [-0.2, -0.15) is 0 Å². The van der Waals surface area contributed by atoms with Gasteiger partial charge in [-0.1, -0.05) is 23.7 Å². The molecule has 1 N–H and O–H groups in total. The molecule has 0 aliphatic heterocycles. The van der Waals surface area contributed by atoms with Crippen molar-refractivity contribution in [1.29, 1.82) is 0 Å². The number of nitro benzene ring substituents is 1. The first-order valence-corrected chi connectivity index (χ1v) is 6.52. The van der Waals surface area contributed by atoms with E-state index in [1.165, 1.54) is 48.6 Å². The van der Waals surface area contributed by atoms with Crippen molar-refractivity contribution < 1.29 is 14.1 Å². The van der Waals surface area contributed by atoms with E-state index in [1.54, 1.807) is 0 Å². The Hall–Kier alpha value is -2.73. The van der Waals surface area contributed by atoms with E-state index in [-0.39, 0.29) is 22.2 Å². The number of carbonyl (C=O) groups is 1. The molecule has 0 atom stereocenters. The molecule has 7 heteroatoms. The van der Waals surface area contributed by atoms with Gasteiger partial charge in [-0.05, 0) is 29.8 Å². The first-order valence-electron chi connectivity index (χ1n) is 6.14. The Kier molecular flexibility index (Phi) is 4.85. The van der Waals surface area contributed by atoms with Crippen molar-refractivity contribution in [3.05, 3.63) is 75.1 Å². The smallest absolute Gasteiger partial charge is 0.271 e. The highest BCUT2D eigenvalue weighted by molar-refractivity contribution is 6.34. The number of nitrogens with zero attached hydrogens (tertiary/aromatic N) is 1. The van der Waals surface area contributed by atoms with Crippen molar-refractivity contribution in [2.75, 3.05) is 5.32 Å². The van der Waals surface area contributed by atoms with Crippen LogP contribution in [0.4, 0.5) is 15.8 Å². The second-order valence-electron chi connectivity index (χ2n) is 4.30. The van der Waals surface area contributed by atoms with Crippen LogP contribution >= 0.6 is 11.6 Å². The largest absolute Gasteiger partial charge is 0.321 e. The molecule has 2 aromatic carbocycles. The van der Waals surface area contributed by atoms with Gasteiger partial charge in [-0.25, -0.2) is 4.39 Å². The molecule has 5 nitrogen and oxygen atoms in total. The molecule has 0 bridgehead atoms. The molecule has 22 heavy (non-hydrogen) atoms. The number of rotatable bonds is 4. The van der Waals surface area contributed by atoms with Gasteiger partial charge in [-0.15, -0.1) is 0 Å². The number of halogens is 2. The van der Waals surface area contributed by atoms with Crippen molar-refractivity contribution in [1.82, 2.24) is 0 Å². The summed E-state index contributed by atoms with van der Waals surface area (Å²) in [5, 5.41) is 13.2. The Morgan fingerprint density at radius 3 is 2.50 bits per heavy atom. The lowest BCUT2D eigenvalue weighted by Gasteiger charge is -2.04. The van der Waals surface area contributed by atoms with Crippen LogP contribution in [0, 0.1) is 15.9 Å². The number of carbonyl (C=O) groups excluding carboxylic acids is 1. The Bertz CT molecular complexity index is 745. The number of anilines is 1. The van der Waals surface area contributed by atoms with E-state index in [0.29, 0.717) is 5.56 Å². The first kappa shape index (κ1) is 15.7. The van der Waals surface area contributed by atoms with Gasteiger partial charge in [0.25, 0.3) is 5.69 Å². The van der Waals surface area contributed by atoms with Gasteiger partial charge in [0.2, 0.25) is 5.91 Å². The standard InChI is InChI=1S/C15H10ClFN2O3/c16-13-9-12(19(21)22)6-7-14(13)18-15(20)8-3-10-1-4-11(17)5-2-10/h1-9H,(H,18,20). The Morgan fingerprint density at radius 2 is 1.91 bits per heavy atom. The summed E-state index contributed by atoms with van der Waals surface area (Å²) < 4.78 is 12.7. The van der Waals surface area contributed by atoms with Crippen LogP contribution in [0.5, 0.6) is 0 Å². The highest BCUT2D eigenvalue weighted by Gasteiger charge is 2.10. The molecule has 0 unspecified atom stereocenters. The summed E-state index contributed by atoms with van der Waals surface area (Å²) in [6, 6.07) is 9.36. The number of nitro groups is 1. The SMILES string of the molecule is O=C(C=Cc1ccc(F)cc1)Nc1ccc([N+](=O)[O-])cc1Cl. The van der Waals surface area contributed by atoms with Crippen molar-refractivity contribution in [2.45, 2.75) is 0 Å². The molecule has 0 saturated carbocycles. The molecule has 1 amide bonds. The zero-order chi connectivity index (χ0) is 16.1. The molecule has 0 saturated heterocycles. The van der Waals surface area contributed by atoms with Gasteiger partial charge in [0.15, 0.2) is 0 Å². The lowest BCUT2D eigenvalue weighted by molar-refractivity contribution is -0.384. The maximum atomic E-state index is 12.7. The summed E-state index contributed by atoms with van der Waals surface area (Å²) in [7, 11) is 0. The van der Waals surface area contributed by atoms with Crippen LogP contribution in [-0.2, 0) is 4.79 Å². The topological polar surface area (TPSA) is 72.2 Å². The summed E-state index contributed by atoms with van der Waals surface area (Å²) in [4.78, 5) is 21.8. The number of amides is 1. The van der Waals surface area contributed by atoms with Gasteiger partial charge in [0, 0.05) is 18.2 Å². The maximum absolute atomic E-state index is 12.7. The summed E-state index contributed by atoms with van der Waals surface area (Å²) in [6.07, 6.45) is 2.76. The van der Waals surface area contributed by atoms with Crippen LogP contribution in [-0.4, -0.2) is 10.8 Å². The highest BCUT2D eigenvalue weighted by Crippen LogP contribution is 2.26. The van der Waals surface area contributed by atoms with Gasteiger partial charge in [0.1, 0.15) is 5.82 Å². The normalized spacial score (nSPS) is 10.6. The molecular formula is C15H10ClFN2O3. The second-order valence-corrected chi connectivity index (χ2v) is 4.70. The van der Waals surface area contributed by atoms with Gasteiger partial charge >= 0.3 is 0 Å². The third-order valence-electron chi connectivity index (χ3n) is 2.72. The van der Waals surface area contributed by atoms with Gasteiger partial charge in [0.05, 0.1) is 15.6 Å². The molecule has 0 spiro atoms. The average Bonchev–Trinajstić information content (AvgIpc) is 2.48. The molecule has 2 rings (SSSR count).